The molecule has 80 valence electrons. The van der Waals surface area contributed by atoms with Crippen LogP contribution in [0.15, 0.2) is 11.6 Å². The number of nitrogens with two attached hydrogens (primary N) is 1. The lowest BCUT2D eigenvalue weighted by Gasteiger charge is -1.67. The molecule has 0 atom stereocenters. The number of nitrogens with zero attached hydrogens (tertiary/aromatic N) is 1. The summed E-state index contributed by atoms with van der Waals surface area (Å²) in [5, 5.41) is 17.3. The Hall–Kier alpha value is -1.63. The highest BCUT2D eigenvalue weighted by molar-refractivity contribution is 7.13. The molecule has 0 spiro atoms. The van der Waals surface area contributed by atoms with E-state index in [4.69, 9.17) is 25.5 Å². The number of hydrogen-bond acceptors (Lipinski definition) is 5. The molecule has 0 saturated heterocycles. The molecular formula is C7H12N2O4S. The normalized spacial score (nSPS) is 7.29. The van der Waals surface area contributed by atoms with E-state index in [0.29, 0.717) is 5.13 Å². The van der Waals surface area contributed by atoms with Gasteiger partial charge in [-0.25, -0.2) is 4.98 Å². The van der Waals surface area contributed by atoms with E-state index in [1.54, 1.807) is 6.20 Å². The Morgan fingerprint density at radius 2 is 1.71 bits per heavy atom. The van der Waals surface area contributed by atoms with E-state index in [1.165, 1.54) is 11.3 Å². The van der Waals surface area contributed by atoms with Crippen molar-refractivity contribution in [3.05, 3.63) is 11.6 Å². The Morgan fingerprint density at radius 3 is 1.79 bits per heavy atom. The molecule has 0 aliphatic rings. The lowest BCUT2D eigenvalue weighted by Crippen LogP contribution is -1.78. The van der Waals surface area contributed by atoms with Gasteiger partial charge in [-0.1, -0.05) is 0 Å². The van der Waals surface area contributed by atoms with Gasteiger partial charge in [0, 0.05) is 25.4 Å². The van der Waals surface area contributed by atoms with Crippen LogP contribution in [-0.2, 0) is 9.59 Å². The van der Waals surface area contributed by atoms with Crippen molar-refractivity contribution in [3.63, 3.8) is 0 Å². The van der Waals surface area contributed by atoms with E-state index in [-0.39, 0.29) is 0 Å². The number of anilines is 1. The topological polar surface area (TPSA) is 114 Å². The number of aliphatic carboxylic acids is 2. The van der Waals surface area contributed by atoms with Gasteiger partial charge in [0.05, 0.1) is 0 Å². The van der Waals surface area contributed by atoms with Crippen molar-refractivity contribution in [1.82, 2.24) is 4.98 Å². The molecule has 0 amide bonds. The average molecular weight is 220 g/mol. The summed E-state index contributed by atoms with van der Waals surface area (Å²) in [6.45, 7) is 2.17. The molecule has 0 saturated carbocycles. The number of thiazole rings is 1. The van der Waals surface area contributed by atoms with E-state index in [0.717, 1.165) is 13.8 Å². The van der Waals surface area contributed by atoms with Gasteiger partial charge >= 0.3 is 0 Å². The molecule has 1 aromatic heterocycles. The minimum absolute atomic E-state index is 0.634. The fraction of sp³-hybridized carbons (Fsp3) is 0.286. The van der Waals surface area contributed by atoms with Crippen molar-refractivity contribution in [3.8, 4) is 0 Å². The fourth-order valence-electron chi connectivity index (χ4n) is 0.234. The van der Waals surface area contributed by atoms with Gasteiger partial charge in [0.25, 0.3) is 11.9 Å². The quantitative estimate of drug-likeness (QED) is 0.598. The van der Waals surface area contributed by atoms with E-state index in [2.05, 4.69) is 4.98 Å². The van der Waals surface area contributed by atoms with Gasteiger partial charge in [-0.05, 0) is 0 Å². The van der Waals surface area contributed by atoms with Gasteiger partial charge in [-0.3, -0.25) is 9.59 Å². The van der Waals surface area contributed by atoms with Crippen LogP contribution >= 0.6 is 11.3 Å². The zero-order valence-electron chi connectivity index (χ0n) is 7.80. The second-order valence-electron chi connectivity index (χ2n) is 1.91. The van der Waals surface area contributed by atoms with E-state index in [1.807, 2.05) is 5.38 Å². The summed E-state index contributed by atoms with van der Waals surface area (Å²) in [5.41, 5.74) is 5.19. The lowest BCUT2D eigenvalue weighted by atomic mass is 10.9. The number of aromatic nitrogens is 1. The molecule has 0 unspecified atom stereocenters. The Balaban J connectivity index is 0. The fourth-order valence-corrected chi connectivity index (χ4v) is 0.617. The third kappa shape index (κ3) is 31.6. The lowest BCUT2D eigenvalue weighted by molar-refractivity contribution is -0.135. The number of hydrogen-bond donors (Lipinski definition) is 3. The highest BCUT2D eigenvalue weighted by atomic mass is 32.1. The average Bonchev–Trinajstić information content (AvgIpc) is 2.36. The number of nitrogen functional groups attached to an aromatic ring is 1. The van der Waals surface area contributed by atoms with Gasteiger partial charge in [-0.2, -0.15) is 0 Å². The molecule has 0 radical (unpaired) electrons. The first-order valence-corrected chi connectivity index (χ1v) is 4.28. The minimum Gasteiger partial charge on any atom is -0.481 e. The van der Waals surface area contributed by atoms with Crippen molar-refractivity contribution < 1.29 is 19.8 Å². The van der Waals surface area contributed by atoms with Crippen molar-refractivity contribution in [2.24, 2.45) is 0 Å². The number of carbonyl (C=O) groups is 2. The summed E-state index contributed by atoms with van der Waals surface area (Å²) in [6, 6.07) is 0. The summed E-state index contributed by atoms with van der Waals surface area (Å²) in [4.78, 5) is 21.7. The van der Waals surface area contributed by atoms with Crippen LogP contribution < -0.4 is 5.73 Å². The van der Waals surface area contributed by atoms with Crippen LogP contribution in [0.25, 0.3) is 0 Å². The maximum atomic E-state index is 9.00. The summed E-state index contributed by atoms with van der Waals surface area (Å²) in [5.74, 6) is -1.67. The summed E-state index contributed by atoms with van der Waals surface area (Å²) in [7, 11) is 0. The molecule has 1 aromatic rings. The molecule has 7 heteroatoms. The molecule has 0 bridgehead atoms. The largest absolute Gasteiger partial charge is 0.481 e. The van der Waals surface area contributed by atoms with E-state index in [9.17, 15) is 0 Å². The maximum Gasteiger partial charge on any atom is 0.300 e. The monoisotopic (exact) mass is 220 g/mol. The summed E-state index contributed by atoms with van der Waals surface area (Å²) in [6.07, 6.45) is 1.68. The standard InChI is InChI=1S/C3H4N2S.2C2H4O2/c4-3-5-1-2-6-3;2*1-2(3)4/h1-2H,(H2,4,5);2*1H3,(H,3,4). The SMILES string of the molecule is CC(=O)O.CC(=O)O.Nc1nccs1. The van der Waals surface area contributed by atoms with Crippen LogP contribution in [0.5, 0.6) is 0 Å². The van der Waals surface area contributed by atoms with Gasteiger partial charge in [-0.15, -0.1) is 11.3 Å². The summed E-state index contributed by atoms with van der Waals surface area (Å²) >= 11 is 1.44. The third-order valence-corrected chi connectivity index (χ3v) is 1.06. The molecule has 0 aliphatic heterocycles. The highest BCUT2D eigenvalue weighted by Gasteiger charge is 1.76. The number of carboxylic acid groups (broad SMARTS) is 2. The molecule has 0 aromatic carbocycles. The third-order valence-electron chi connectivity index (χ3n) is 0.451. The zero-order chi connectivity index (χ0) is 11.6. The number of rotatable bonds is 0. The molecule has 6 nitrogen and oxygen atoms in total. The molecule has 1 heterocycles. The predicted octanol–water partition coefficient (Wildman–Crippen LogP) is 0.907. The van der Waals surface area contributed by atoms with Gasteiger partial charge in [0.15, 0.2) is 5.13 Å². The van der Waals surface area contributed by atoms with Crippen molar-refractivity contribution in [2.45, 2.75) is 13.8 Å². The van der Waals surface area contributed by atoms with E-state index >= 15 is 0 Å². The van der Waals surface area contributed by atoms with Crippen LogP contribution in [0.4, 0.5) is 5.13 Å². The first-order chi connectivity index (χ1) is 6.36. The zero-order valence-corrected chi connectivity index (χ0v) is 8.61. The first-order valence-electron chi connectivity index (χ1n) is 3.40. The number of carboxylic acids is 2. The van der Waals surface area contributed by atoms with Crippen LogP contribution in [0.3, 0.4) is 0 Å². The van der Waals surface area contributed by atoms with Crippen LogP contribution in [0.2, 0.25) is 0 Å². The van der Waals surface area contributed by atoms with Gasteiger partial charge in [0.2, 0.25) is 0 Å². The van der Waals surface area contributed by atoms with Crippen molar-refractivity contribution >= 4 is 28.4 Å². The van der Waals surface area contributed by atoms with Crippen molar-refractivity contribution in [1.29, 1.82) is 0 Å². The minimum atomic E-state index is -0.833. The molecule has 1 rings (SSSR count). The van der Waals surface area contributed by atoms with Crippen LogP contribution in [0.1, 0.15) is 13.8 Å². The smallest absolute Gasteiger partial charge is 0.300 e. The second kappa shape index (κ2) is 9.46. The van der Waals surface area contributed by atoms with Gasteiger partial charge < -0.3 is 15.9 Å². The van der Waals surface area contributed by atoms with E-state index < -0.39 is 11.9 Å². The molecule has 0 aliphatic carbocycles. The van der Waals surface area contributed by atoms with Gasteiger partial charge in [0.1, 0.15) is 0 Å². The first kappa shape index (κ1) is 14.9. The molecular weight excluding hydrogens is 208 g/mol. The Bertz CT molecular complexity index is 241. The Kier molecular flexibility index (Phi) is 10.0. The highest BCUT2D eigenvalue weighted by Crippen LogP contribution is 2.02. The summed E-state index contributed by atoms with van der Waals surface area (Å²) < 4.78 is 0. The Labute approximate surface area is 85.0 Å². The molecule has 14 heavy (non-hydrogen) atoms. The van der Waals surface area contributed by atoms with Crippen LogP contribution in [0, 0.1) is 0 Å². The predicted molar refractivity (Wildman–Crippen MR) is 53.1 cm³/mol. The maximum absolute atomic E-state index is 9.00. The Morgan fingerprint density at radius 1 is 1.36 bits per heavy atom. The second-order valence-corrected chi connectivity index (χ2v) is 2.83. The molecule has 0 fully saturated rings. The van der Waals surface area contributed by atoms with Crippen molar-refractivity contribution in [2.75, 3.05) is 5.73 Å². The molecule has 4 N–H and O–H groups in total. The van der Waals surface area contributed by atoms with Crippen LogP contribution in [-0.4, -0.2) is 27.1 Å².